The molecule has 30 heavy (non-hydrogen) atoms. The van der Waals surface area contributed by atoms with Crippen LogP contribution in [0.3, 0.4) is 0 Å². The molecule has 1 aromatic rings. The van der Waals surface area contributed by atoms with E-state index < -0.39 is 0 Å². The van der Waals surface area contributed by atoms with Crippen molar-refractivity contribution < 1.29 is 9.59 Å². The van der Waals surface area contributed by atoms with Crippen LogP contribution in [-0.2, 0) is 4.79 Å². The minimum atomic E-state index is 0.151. The first-order valence-corrected chi connectivity index (χ1v) is 12.0. The zero-order valence-electron chi connectivity index (χ0n) is 18.1. The molecule has 1 aromatic carbocycles. The molecule has 162 valence electrons. The molecule has 2 saturated carbocycles. The van der Waals surface area contributed by atoms with E-state index in [0.29, 0.717) is 11.3 Å². The van der Waals surface area contributed by atoms with E-state index in [4.69, 9.17) is 0 Å². The first-order chi connectivity index (χ1) is 14.6. The lowest BCUT2D eigenvalue weighted by atomic mass is 9.57. The predicted octanol–water partition coefficient (Wildman–Crippen LogP) is 3.41. The van der Waals surface area contributed by atoms with Crippen LogP contribution in [0.15, 0.2) is 30.3 Å². The fraction of sp³-hybridized carbons (Fsp3) is 0.680. The second-order valence-electron chi connectivity index (χ2n) is 10.1. The Morgan fingerprint density at radius 1 is 0.800 bits per heavy atom. The summed E-state index contributed by atoms with van der Waals surface area (Å²) in [6.45, 7) is 5.73. The van der Waals surface area contributed by atoms with Gasteiger partial charge in [-0.25, -0.2) is 0 Å². The van der Waals surface area contributed by atoms with E-state index in [1.165, 1.54) is 19.3 Å². The molecule has 0 unspecified atom stereocenters. The van der Waals surface area contributed by atoms with Crippen LogP contribution in [0.4, 0.5) is 0 Å². The van der Waals surface area contributed by atoms with Crippen molar-refractivity contribution in [3.05, 3.63) is 35.9 Å². The SMILES string of the molecule is O=C(c1ccccc1)N1CCC2(CC1)CC(C(=O)N1CCCN(C3CCC3)CC1)C2. The number of nitrogens with zero attached hydrogens (tertiary/aromatic N) is 3. The third-order valence-electron chi connectivity index (χ3n) is 8.27. The van der Waals surface area contributed by atoms with Gasteiger partial charge >= 0.3 is 0 Å². The van der Waals surface area contributed by atoms with E-state index in [9.17, 15) is 9.59 Å². The van der Waals surface area contributed by atoms with Crippen molar-refractivity contribution in [2.24, 2.45) is 11.3 Å². The van der Waals surface area contributed by atoms with Crippen LogP contribution < -0.4 is 0 Å². The van der Waals surface area contributed by atoms with E-state index in [1.807, 2.05) is 35.2 Å². The maximum atomic E-state index is 13.1. The predicted molar refractivity (Wildman–Crippen MR) is 117 cm³/mol. The molecule has 2 aliphatic heterocycles. The van der Waals surface area contributed by atoms with Gasteiger partial charge in [0, 0.05) is 56.8 Å². The third kappa shape index (κ3) is 3.89. The number of likely N-dealkylation sites (tertiary alicyclic amines) is 1. The summed E-state index contributed by atoms with van der Waals surface area (Å²) in [4.78, 5) is 32.6. The normalized spacial score (nSPS) is 25.5. The second-order valence-corrected chi connectivity index (χ2v) is 10.1. The van der Waals surface area contributed by atoms with Gasteiger partial charge in [0.15, 0.2) is 0 Å². The summed E-state index contributed by atoms with van der Waals surface area (Å²) in [5.74, 6) is 0.772. The minimum Gasteiger partial charge on any atom is -0.341 e. The minimum absolute atomic E-state index is 0.151. The molecule has 1 spiro atoms. The Morgan fingerprint density at radius 3 is 2.20 bits per heavy atom. The van der Waals surface area contributed by atoms with Gasteiger partial charge in [-0.3, -0.25) is 14.5 Å². The number of rotatable bonds is 3. The first-order valence-electron chi connectivity index (χ1n) is 12.0. The molecule has 0 aromatic heterocycles. The molecule has 5 rings (SSSR count). The number of hydrogen-bond acceptors (Lipinski definition) is 3. The molecule has 0 radical (unpaired) electrons. The average molecular weight is 410 g/mol. The molecule has 0 N–H and O–H groups in total. The molecule has 4 fully saturated rings. The molecule has 0 bridgehead atoms. The number of carbonyl (C=O) groups is 2. The topological polar surface area (TPSA) is 43.9 Å². The van der Waals surface area contributed by atoms with Gasteiger partial charge in [0.25, 0.3) is 5.91 Å². The largest absolute Gasteiger partial charge is 0.341 e. The summed E-state index contributed by atoms with van der Waals surface area (Å²) in [7, 11) is 0. The summed E-state index contributed by atoms with van der Waals surface area (Å²) in [6, 6.07) is 10.4. The molecular formula is C25H35N3O2. The molecule has 2 aliphatic carbocycles. The summed E-state index contributed by atoms with van der Waals surface area (Å²) in [6.07, 6.45) is 9.35. The molecule has 5 nitrogen and oxygen atoms in total. The van der Waals surface area contributed by atoms with Crippen LogP contribution in [0.25, 0.3) is 0 Å². The Labute approximate surface area is 180 Å². The molecule has 2 heterocycles. The van der Waals surface area contributed by atoms with Crippen molar-refractivity contribution in [1.82, 2.24) is 14.7 Å². The maximum Gasteiger partial charge on any atom is 0.253 e. The van der Waals surface area contributed by atoms with Gasteiger partial charge in [-0.1, -0.05) is 24.6 Å². The zero-order chi connectivity index (χ0) is 20.6. The van der Waals surface area contributed by atoms with E-state index in [-0.39, 0.29) is 11.8 Å². The van der Waals surface area contributed by atoms with Crippen molar-refractivity contribution in [2.75, 3.05) is 39.3 Å². The smallest absolute Gasteiger partial charge is 0.253 e. The van der Waals surface area contributed by atoms with E-state index in [1.54, 1.807) is 0 Å². The van der Waals surface area contributed by atoms with Crippen LogP contribution in [0.2, 0.25) is 0 Å². The summed E-state index contributed by atoms with van der Waals surface area (Å²) < 4.78 is 0. The Bertz CT molecular complexity index is 760. The Hall–Kier alpha value is -1.88. The zero-order valence-corrected chi connectivity index (χ0v) is 18.1. The number of carbonyl (C=O) groups excluding carboxylic acids is 2. The lowest BCUT2D eigenvalue weighted by Crippen LogP contribution is -2.53. The molecular weight excluding hydrogens is 374 g/mol. The number of hydrogen-bond donors (Lipinski definition) is 0. The number of piperidine rings is 1. The van der Waals surface area contributed by atoms with Crippen LogP contribution >= 0.6 is 0 Å². The highest BCUT2D eigenvalue weighted by atomic mass is 16.2. The molecule has 2 amide bonds. The van der Waals surface area contributed by atoms with Crippen molar-refractivity contribution in [3.8, 4) is 0 Å². The fourth-order valence-electron chi connectivity index (χ4n) is 6.05. The summed E-state index contributed by atoms with van der Waals surface area (Å²) >= 11 is 0. The summed E-state index contributed by atoms with van der Waals surface area (Å²) in [5.41, 5.74) is 1.09. The quantitative estimate of drug-likeness (QED) is 0.769. The van der Waals surface area contributed by atoms with Crippen molar-refractivity contribution in [2.45, 2.75) is 57.4 Å². The fourth-order valence-corrected chi connectivity index (χ4v) is 6.05. The van der Waals surface area contributed by atoms with Crippen molar-refractivity contribution in [1.29, 1.82) is 0 Å². The average Bonchev–Trinajstić information content (AvgIpc) is 2.97. The van der Waals surface area contributed by atoms with Crippen LogP contribution in [0, 0.1) is 11.3 Å². The first kappa shape index (κ1) is 20.0. The Morgan fingerprint density at radius 2 is 1.53 bits per heavy atom. The van der Waals surface area contributed by atoms with Crippen LogP contribution in [-0.4, -0.2) is 71.8 Å². The van der Waals surface area contributed by atoms with Gasteiger partial charge in [0.05, 0.1) is 0 Å². The molecule has 4 aliphatic rings. The van der Waals surface area contributed by atoms with Gasteiger partial charge in [-0.05, 0) is 62.5 Å². The Balaban J connectivity index is 1.09. The van der Waals surface area contributed by atoms with Gasteiger partial charge < -0.3 is 9.80 Å². The van der Waals surface area contributed by atoms with E-state index in [2.05, 4.69) is 9.80 Å². The van der Waals surface area contributed by atoms with E-state index >= 15 is 0 Å². The molecule has 0 atom stereocenters. The van der Waals surface area contributed by atoms with E-state index in [0.717, 1.165) is 83.0 Å². The van der Waals surface area contributed by atoms with Crippen LogP contribution in [0.5, 0.6) is 0 Å². The standard InChI is InChI=1S/C25H35N3O2/c29-23(20-6-2-1-3-7-20)28-14-10-25(11-15-28)18-21(19-25)24(30)27-13-5-12-26(16-17-27)22-8-4-9-22/h1-3,6-7,21-22H,4-5,8-19H2. The maximum absolute atomic E-state index is 13.1. The third-order valence-corrected chi connectivity index (χ3v) is 8.27. The molecule has 5 heteroatoms. The Kier molecular flexibility index (Phi) is 5.57. The second kappa shape index (κ2) is 8.33. The molecule has 2 saturated heterocycles. The van der Waals surface area contributed by atoms with Crippen LogP contribution in [0.1, 0.15) is 61.7 Å². The lowest BCUT2D eigenvalue weighted by molar-refractivity contribution is -0.145. The monoisotopic (exact) mass is 409 g/mol. The number of amides is 2. The van der Waals surface area contributed by atoms with Gasteiger partial charge in [0.2, 0.25) is 5.91 Å². The summed E-state index contributed by atoms with van der Waals surface area (Å²) in [5, 5.41) is 0. The highest BCUT2D eigenvalue weighted by Gasteiger charge is 2.49. The highest BCUT2D eigenvalue weighted by molar-refractivity contribution is 5.94. The van der Waals surface area contributed by atoms with Gasteiger partial charge in [0.1, 0.15) is 0 Å². The highest BCUT2D eigenvalue weighted by Crippen LogP contribution is 2.53. The lowest BCUT2D eigenvalue weighted by Gasteiger charge is -2.52. The van der Waals surface area contributed by atoms with Crippen molar-refractivity contribution in [3.63, 3.8) is 0 Å². The van der Waals surface area contributed by atoms with Gasteiger partial charge in [-0.2, -0.15) is 0 Å². The number of benzene rings is 1. The van der Waals surface area contributed by atoms with Gasteiger partial charge in [-0.15, -0.1) is 0 Å². The van der Waals surface area contributed by atoms with Crippen molar-refractivity contribution >= 4 is 11.8 Å².